The van der Waals surface area contributed by atoms with E-state index in [4.69, 9.17) is 5.73 Å². The number of hydrogen-bond donors (Lipinski definition) is 7. The lowest BCUT2D eigenvalue weighted by atomic mass is 9.99. The molecule has 0 heterocycles. The van der Waals surface area contributed by atoms with E-state index in [-0.39, 0.29) is 42.0 Å². The number of carbonyl (C=O) groups excluding carboxylic acids is 6. The molecule has 0 fully saturated rings. The van der Waals surface area contributed by atoms with Gasteiger partial charge in [0.05, 0.1) is 6.04 Å². The van der Waals surface area contributed by atoms with Crippen LogP contribution >= 0.6 is 11.8 Å². The predicted molar refractivity (Wildman–Crippen MR) is 203 cm³/mol. The third-order valence-corrected chi connectivity index (χ3v) is 9.29. The van der Waals surface area contributed by atoms with Crippen molar-refractivity contribution in [3.63, 3.8) is 0 Å². The van der Waals surface area contributed by atoms with Crippen LogP contribution < -0.4 is 32.3 Å². The smallest absolute Gasteiger partial charge is 0.243 e. The Labute approximate surface area is 311 Å². The van der Waals surface area contributed by atoms with Crippen molar-refractivity contribution in [3.05, 3.63) is 65.7 Å². The molecule has 13 nitrogen and oxygen atoms in total. The number of aromatic hydroxyl groups is 1. The minimum absolute atomic E-state index is 0.0249. The summed E-state index contributed by atoms with van der Waals surface area (Å²) in [4.78, 5) is 79.3. The van der Waals surface area contributed by atoms with Crippen LogP contribution in [-0.4, -0.2) is 76.5 Å². The van der Waals surface area contributed by atoms with E-state index in [2.05, 4.69) is 26.6 Å². The minimum Gasteiger partial charge on any atom is -0.508 e. The molecule has 286 valence electrons. The number of nitrogens with one attached hydrogen (secondary N) is 5. The Morgan fingerprint density at radius 1 is 0.692 bits per heavy atom. The van der Waals surface area contributed by atoms with Crippen LogP contribution in [0.4, 0.5) is 0 Å². The molecule has 14 heteroatoms. The normalized spacial score (nSPS) is 14.0. The van der Waals surface area contributed by atoms with Gasteiger partial charge >= 0.3 is 0 Å². The Morgan fingerprint density at radius 3 is 1.85 bits per heavy atom. The van der Waals surface area contributed by atoms with Gasteiger partial charge in [0.15, 0.2) is 0 Å². The third-order valence-electron chi connectivity index (χ3n) is 8.17. The zero-order valence-corrected chi connectivity index (χ0v) is 31.9. The molecule has 0 aromatic heterocycles. The van der Waals surface area contributed by atoms with Crippen molar-refractivity contribution in [2.24, 2.45) is 17.6 Å². The van der Waals surface area contributed by atoms with Crippen molar-refractivity contribution < 1.29 is 33.9 Å². The van der Waals surface area contributed by atoms with Crippen LogP contribution in [0.25, 0.3) is 0 Å². The van der Waals surface area contributed by atoms with Crippen LogP contribution in [0.2, 0.25) is 0 Å². The number of hydrogen-bond acceptors (Lipinski definition) is 9. The molecule has 5 atom stereocenters. The third kappa shape index (κ3) is 15.9. The first kappa shape index (κ1) is 43.7. The first-order valence-corrected chi connectivity index (χ1v) is 18.8. The fourth-order valence-electron chi connectivity index (χ4n) is 5.33. The molecule has 5 amide bonds. The standard InChI is InChI=1S/C38H56N6O7S/c1-23(2)20-31(43-36(49)32(21-27-15-17-29(46)18-16-27)44-37(50)33(24(3)4)41-26(6)45)35(48)42-30(14-10-11-19-39)34(47)40-25(5)38(51)52-22-28-12-8-7-9-13-28/h7-9,12-13,15-18,23-25,30-33,46H,10-11,14,19-22,39H2,1-6H3,(H,40,47)(H,41,45)(H,42,48)(H,43,49)(H,44,50). The minimum atomic E-state index is -1.15. The van der Waals surface area contributed by atoms with E-state index in [9.17, 15) is 33.9 Å². The fourth-order valence-corrected chi connectivity index (χ4v) is 6.14. The second-order valence-electron chi connectivity index (χ2n) is 13.7. The first-order chi connectivity index (χ1) is 24.6. The summed E-state index contributed by atoms with van der Waals surface area (Å²) in [5.74, 6) is -2.61. The molecule has 0 aliphatic rings. The summed E-state index contributed by atoms with van der Waals surface area (Å²) in [6.07, 6.45) is 1.65. The summed E-state index contributed by atoms with van der Waals surface area (Å²) in [5.41, 5.74) is 7.29. The SMILES string of the molecule is CC(=O)NC(C(=O)NC(Cc1ccc(O)cc1)C(=O)NC(CC(C)C)C(=O)NC(CCCCN)C(=O)NC(C)C(=O)SCc1ccccc1)C(C)C. The Morgan fingerprint density at radius 2 is 1.27 bits per heavy atom. The number of benzene rings is 2. The molecular weight excluding hydrogens is 685 g/mol. The summed E-state index contributed by atoms with van der Waals surface area (Å²) in [6.45, 7) is 10.6. The first-order valence-electron chi connectivity index (χ1n) is 17.8. The predicted octanol–water partition coefficient (Wildman–Crippen LogP) is 2.69. The van der Waals surface area contributed by atoms with Crippen LogP contribution in [0.5, 0.6) is 5.75 Å². The van der Waals surface area contributed by atoms with Crippen molar-refractivity contribution in [1.82, 2.24) is 26.6 Å². The molecule has 0 saturated carbocycles. The van der Waals surface area contributed by atoms with E-state index in [1.165, 1.54) is 19.1 Å². The van der Waals surface area contributed by atoms with E-state index < -0.39 is 59.7 Å². The van der Waals surface area contributed by atoms with Crippen molar-refractivity contribution in [2.75, 3.05) is 6.54 Å². The van der Waals surface area contributed by atoms with Gasteiger partial charge < -0.3 is 37.4 Å². The molecule has 0 aliphatic heterocycles. The van der Waals surface area contributed by atoms with Gasteiger partial charge in [0.25, 0.3) is 0 Å². The summed E-state index contributed by atoms with van der Waals surface area (Å²) < 4.78 is 0. The number of nitrogens with two attached hydrogens (primary N) is 1. The lowest BCUT2D eigenvalue weighted by Gasteiger charge is -2.28. The van der Waals surface area contributed by atoms with Crippen LogP contribution in [0.1, 0.15) is 78.4 Å². The quantitative estimate of drug-likeness (QED) is 0.0938. The molecule has 52 heavy (non-hydrogen) atoms. The maximum atomic E-state index is 13.9. The molecule has 0 bridgehead atoms. The van der Waals surface area contributed by atoms with E-state index >= 15 is 0 Å². The Balaban J connectivity index is 2.26. The summed E-state index contributed by atoms with van der Waals surface area (Å²) in [6, 6.07) is 10.7. The topological polar surface area (TPSA) is 209 Å². The lowest BCUT2D eigenvalue weighted by molar-refractivity contribution is -0.135. The highest BCUT2D eigenvalue weighted by Gasteiger charge is 2.33. The molecular formula is C38H56N6O7S. The second-order valence-corrected chi connectivity index (χ2v) is 14.7. The van der Waals surface area contributed by atoms with Gasteiger partial charge in [-0.25, -0.2) is 0 Å². The average Bonchev–Trinajstić information content (AvgIpc) is 3.09. The largest absolute Gasteiger partial charge is 0.508 e. The molecule has 0 radical (unpaired) electrons. The van der Waals surface area contributed by atoms with Gasteiger partial charge in [0.2, 0.25) is 34.7 Å². The van der Waals surface area contributed by atoms with Gasteiger partial charge in [-0.1, -0.05) is 81.9 Å². The molecule has 0 aliphatic carbocycles. The molecule has 0 saturated heterocycles. The number of unbranched alkanes of at least 4 members (excludes halogenated alkanes) is 1. The van der Waals surface area contributed by atoms with E-state index in [1.807, 2.05) is 44.2 Å². The molecule has 2 aromatic carbocycles. The highest BCUT2D eigenvalue weighted by Crippen LogP contribution is 2.16. The maximum absolute atomic E-state index is 13.9. The van der Waals surface area contributed by atoms with Gasteiger partial charge in [-0.15, -0.1) is 0 Å². The maximum Gasteiger partial charge on any atom is 0.243 e. The lowest BCUT2D eigenvalue weighted by Crippen LogP contribution is -2.59. The Bertz CT molecular complexity index is 1470. The van der Waals surface area contributed by atoms with E-state index in [0.717, 1.165) is 17.3 Å². The van der Waals surface area contributed by atoms with Gasteiger partial charge in [0, 0.05) is 19.1 Å². The van der Waals surface area contributed by atoms with E-state index in [0.29, 0.717) is 30.7 Å². The molecule has 8 N–H and O–H groups in total. The highest BCUT2D eigenvalue weighted by molar-refractivity contribution is 8.13. The van der Waals surface area contributed by atoms with E-state index in [1.54, 1.807) is 32.9 Å². The van der Waals surface area contributed by atoms with Gasteiger partial charge in [-0.05, 0) is 74.2 Å². The summed E-state index contributed by atoms with van der Waals surface area (Å²) in [7, 11) is 0. The van der Waals surface area contributed by atoms with Crippen LogP contribution in [0.3, 0.4) is 0 Å². The number of phenolic OH excluding ortho intramolecular Hbond substituents is 1. The van der Waals surface area contributed by atoms with Crippen LogP contribution in [0.15, 0.2) is 54.6 Å². The van der Waals surface area contributed by atoms with Crippen molar-refractivity contribution >= 4 is 46.4 Å². The number of carbonyl (C=O) groups is 6. The zero-order chi connectivity index (χ0) is 38.8. The van der Waals surface area contributed by atoms with Gasteiger partial charge in [0.1, 0.15) is 29.9 Å². The summed E-state index contributed by atoms with van der Waals surface area (Å²) >= 11 is 1.09. The van der Waals surface area contributed by atoms with Crippen molar-refractivity contribution in [2.45, 2.75) is 110 Å². The molecule has 0 spiro atoms. The molecule has 2 aromatic rings. The Kier molecular flexibility index (Phi) is 18.9. The summed E-state index contributed by atoms with van der Waals surface area (Å²) in [5, 5.41) is 23.2. The van der Waals surface area contributed by atoms with Crippen molar-refractivity contribution in [3.8, 4) is 5.75 Å². The van der Waals surface area contributed by atoms with Crippen LogP contribution in [-0.2, 0) is 40.9 Å². The fraction of sp³-hybridized carbons (Fsp3) is 0.526. The molecule has 2 rings (SSSR count). The Hall–Kier alpha value is -4.43. The van der Waals surface area contributed by atoms with Gasteiger partial charge in [-0.3, -0.25) is 28.8 Å². The van der Waals surface area contributed by atoms with Crippen LogP contribution in [0, 0.1) is 11.8 Å². The number of amides is 5. The number of thioether (sulfide) groups is 1. The average molecular weight is 741 g/mol. The monoisotopic (exact) mass is 740 g/mol. The van der Waals surface area contributed by atoms with Crippen molar-refractivity contribution in [1.29, 1.82) is 0 Å². The highest BCUT2D eigenvalue weighted by atomic mass is 32.2. The number of phenols is 1. The second kappa shape index (κ2) is 22.5. The molecule has 5 unspecified atom stereocenters. The number of rotatable bonds is 21. The van der Waals surface area contributed by atoms with Gasteiger partial charge in [-0.2, -0.15) is 0 Å². The zero-order valence-electron chi connectivity index (χ0n) is 31.1.